The molecule has 0 radical (unpaired) electrons. The van der Waals surface area contributed by atoms with Gasteiger partial charge in [-0.2, -0.15) is 0 Å². The summed E-state index contributed by atoms with van der Waals surface area (Å²) in [5, 5.41) is 10.1. The molecule has 2 atom stereocenters. The largest absolute Gasteiger partial charge is 0.444 e. The zero-order chi connectivity index (χ0) is 12.7. The summed E-state index contributed by atoms with van der Waals surface area (Å²) in [4.78, 5) is 13.9. The summed E-state index contributed by atoms with van der Waals surface area (Å²) in [6.45, 7) is 6.34. The van der Waals surface area contributed by atoms with Gasteiger partial charge in [0.1, 0.15) is 5.60 Å². The van der Waals surface area contributed by atoms with E-state index in [1.165, 1.54) is 0 Å². The van der Waals surface area contributed by atoms with E-state index in [9.17, 15) is 9.90 Å². The summed E-state index contributed by atoms with van der Waals surface area (Å²) in [6, 6.07) is 0. The van der Waals surface area contributed by atoms with E-state index in [0.29, 0.717) is 6.54 Å². The second-order valence-electron chi connectivity index (χ2n) is 6.25. The Morgan fingerprint density at radius 3 is 2.53 bits per heavy atom. The number of ether oxygens (including phenoxy) is 1. The van der Waals surface area contributed by atoms with Crippen molar-refractivity contribution in [1.29, 1.82) is 0 Å². The lowest BCUT2D eigenvalue weighted by molar-refractivity contribution is -0.0205. The molecule has 17 heavy (non-hydrogen) atoms. The molecule has 98 valence electrons. The van der Waals surface area contributed by atoms with Crippen LogP contribution in [0.2, 0.25) is 0 Å². The van der Waals surface area contributed by atoms with Crippen LogP contribution in [0.1, 0.15) is 52.9 Å². The molecule has 2 aliphatic rings. The Balaban J connectivity index is 2.12. The first-order valence-electron chi connectivity index (χ1n) is 6.54. The van der Waals surface area contributed by atoms with Crippen molar-refractivity contribution in [3.05, 3.63) is 0 Å². The number of likely N-dealkylation sites (tertiary alicyclic amines) is 1. The van der Waals surface area contributed by atoms with E-state index in [1.54, 1.807) is 4.90 Å². The van der Waals surface area contributed by atoms with Gasteiger partial charge in [0, 0.05) is 6.54 Å². The van der Waals surface area contributed by atoms with Gasteiger partial charge in [-0.25, -0.2) is 4.79 Å². The van der Waals surface area contributed by atoms with Crippen LogP contribution in [0.25, 0.3) is 0 Å². The maximum absolute atomic E-state index is 12.2. The first kappa shape index (κ1) is 12.7. The second kappa shape index (κ2) is 4.16. The van der Waals surface area contributed by atoms with Crippen molar-refractivity contribution >= 4 is 6.09 Å². The molecule has 2 rings (SSSR count). The Bertz CT molecular complexity index is 306. The first-order valence-corrected chi connectivity index (χ1v) is 6.54. The molecule has 1 N–H and O–H groups in total. The highest BCUT2D eigenvalue weighted by atomic mass is 16.6. The monoisotopic (exact) mass is 241 g/mol. The van der Waals surface area contributed by atoms with Gasteiger partial charge in [0.15, 0.2) is 0 Å². The molecule has 4 heteroatoms. The number of amides is 1. The van der Waals surface area contributed by atoms with Crippen molar-refractivity contribution in [2.75, 3.05) is 6.54 Å². The van der Waals surface area contributed by atoms with Gasteiger partial charge < -0.3 is 9.84 Å². The molecule has 0 aromatic rings. The fourth-order valence-electron chi connectivity index (χ4n) is 3.13. The summed E-state index contributed by atoms with van der Waals surface area (Å²) in [7, 11) is 0. The van der Waals surface area contributed by atoms with Crippen LogP contribution in [0.3, 0.4) is 0 Å². The van der Waals surface area contributed by atoms with Crippen molar-refractivity contribution in [2.45, 2.75) is 70.1 Å². The maximum atomic E-state index is 12.2. The third kappa shape index (κ3) is 2.28. The zero-order valence-corrected chi connectivity index (χ0v) is 11.0. The molecule has 1 saturated heterocycles. The molecule has 4 nitrogen and oxygen atoms in total. The van der Waals surface area contributed by atoms with Crippen LogP contribution >= 0.6 is 0 Å². The van der Waals surface area contributed by atoms with Gasteiger partial charge in [0.2, 0.25) is 0 Å². The predicted molar refractivity (Wildman–Crippen MR) is 64.8 cm³/mol. The SMILES string of the molecule is CC(C)(C)OC(=O)N1CCC[C@@]12CCC[C@H]2O. The summed E-state index contributed by atoms with van der Waals surface area (Å²) >= 11 is 0. The van der Waals surface area contributed by atoms with Crippen molar-refractivity contribution in [3.63, 3.8) is 0 Å². The number of rotatable bonds is 0. The minimum atomic E-state index is -0.468. The minimum absolute atomic E-state index is 0.268. The Morgan fingerprint density at radius 2 is 2.00 bits per heavy atom. The van der Waals surface area contributed by atoms with E-state index >= 15 is 0 Å². The minimum Gasteiger partial charge on any atom is -0.444 e. The topological polar surface area (TPSA) is 49.8 Å². The van der Waals surface area contributed by atoms with E-state index in [0.717, 1.165) is 32.1 Å². The van der Waals surface area contributed by atoms with Crippen LogP contribution in [-0.2, 0) is 4.74 Å². The number of aliphatic hydroxyl groups is 1. The van der Waals surface area contributed by atoms with Gasteiger partial charge >= 0.3 is 6.09 Å². The van der Waals surface area contributed by atoms with Gasteiger partial charge in [0.05, 0.1) is 11.6 Å². The highest BCUT2D eigenvalue weighted by molar-refractivity contribution is 5.70. The smallest absolute Gasteiger partial charge is 0.410 e. The number of nitrogens with zero attached hydrogens (tertiary/aromatic N) is 1. The summed E-state index contributed by atoms with van der Waals surface area (Å²) in [6.07, 6.45) is 3.95. The van der Waals surface area contributed by atoms with Gasteiger partial charge in [-0.3, -0.25) is 4.90 Å². The Labute approximate surface area is 103 Å². The Hall–Kier alpha value is -0.770. The predicted octanol–water partition coefficient (Wildman–Crippen LogP) is 2.30. The van der Waals surface area contributed by atoms with Crippen molar-refractivity contribution < 1.29 is 14.6 Å². The molecule has 1 spiro atoms. The van der Waals surface area contributed by atoms with E-state index in [1.807, 2.05) is 20.8 Å². The van der Waals surface area contributed by atoms with Gasteiger partial charge in [0.25, 0.3) is 0 Å². The fourth-order valence-corrected chi connectivity index (χ4v) is 3.13. The number of hydrogen-bond donors (Lipinski definition) is 1. The third-order valence-corrected chi connectivity index (χ3v) is 3.85. The molecule has 1 aliphatic carbocycles. The summed E-state index contributed by atoms with van der Waals surface area (Å²) in [5.41, 5.74) is -0.799. The van der Waals surface area contributed by atoms with Crippen LogP contribution in [-0.4, -0.2) is 39.9 Å². The van der Waals surface area contributed by atoms with Crippen molar-refractivity contribution in [2.24, 2.45) is 0 Å². The van der Waals surface area contributed by atoms with Crippen LogP contribution in [0.4, 0.5) is 4.79 Å². The highest BCUT2D eigenvalue weighted by Crippen LogP contribution is 2.43. The van der Waals surface area contributed by atoms with Gasteiger partial charge in [-0.15, -0.1) is 0 Å². The number of hydrogen-bond acceptors (Lipinski definition) is 3. The normalized spacial score (nSPS) is 33.4. The van der Waals surface area contributed by atoms with E-state index in [-0.39, 0.29) is 17.7 Å². The standard InChI is InChI=1S/C13H23NO3/c1-12(2,3)17-11(16)14-9-5-8-13(14)7-4-6-10(13)15/h10,15H,4-9H2,1-3H3/t10-,13-/m1/s1. The van der Waals surface area contributed by atoms with E-state index in [4.69, 9.17) is 4.74 Å². The maximum Gasteiger partial charge on any atom is 0.410 e. The molecule has 0 bridgehead atoms. The van der Waals surface area contributed by atoms with E-state index < -0.39 is 5.60 Å². The second-order valence-corrected chi connectivity index (χ2v) is 6.25. The van der Waals surface area contributed by atoms with Crippen LogP contribution in [0, 0.1) is 0 Å². The molecule has 0 unspecified atom stereocenters. The average molecular weight is 241 g/mol. The van der Waals surface area contributed by atoms with Crippen LogP contribution < -0.4 is 0 Å². The Morgan fingerprint density at radius 1 is 1.35 bits per heavy atom. The molecule has 1 heterocycles. The zero-order valence-electron chi connectivity index (χ0n) is 11.0. The molecular weight excluding hydrogens is 218 g/mol. The number of carbonyl (C=O) groups excluding carboxylic acids is 1. The van der Waals surface area contributed by atoms with Crippen LogP contribution in [0.5, 0.6) is 0 Å². The molecule has 1 amide bonds. The molecule has 2 fully saturated rings. The first-order chi connectivity index (χ1) is 7.85. The summed E-state index contributed by atoms with van der Waals surface area (Å²) in [5.74, 6) is 0. The van der Waals surface area contributed by atoms with Crippen molar-refractivity contribution in [1.82, 2.24) is 4.90 Å². The molecule has 0 aromatic carbocycles. The lowest BCUT2D eigenvalue weighted by Gasteiger charge is -2.38. The number of carbonyl (C=O) groups is 1. The lowest BCUT2D eigenvalue weighted by Crippen LogP contribution is -2.53. The third-order valence-electron chi connectivity index (χ3n) is 3.85. The quantitative estimate of drug-likeness (QED) is 0.708. The van der Waals surface area contributed by atoms with Crippen molar-refractivity contribution in [3.8, 4) is 0 Å². The molecule has 0 aromatic heterocycles. The number of aliphatic hydroxyl groups excluding tert-OH is 1. The molecule has 1 saturated carbocycles. The average Bonchev–Trinajstić information content (AvgIpc) is 2.74. The van der Waals surface area contributed by atoms with Crippen LogP contribution in [0.15, 0.2) is 0 Å². The fraction of sp³-hybridized carbons (Fsp3) is 0.923. The van der Waals surface area contributed by atoms with Gasteiger partial charge in [-0.05, 0) is 52.9 Å². The van der Waals surface area contributed by atoms with E-state index in [2.05, 4.69) is 0 Å². The molecular formula is C13H23NO3. The summed E-state index contributed by atoms with van der Waals surface area (Å²) < 4.78 is 5.43. The van der Waals surface area contributed by atoms with Gasteiger partial charge in [-0.1, -0.05) is 0 Å². The molecule has 1 aliphatic heterocycles. The highest BCUT2D eigenvalue weighted by Gasteiger charge is 2.52. The Kier molecular flexibility index (Phi) is 3.10. The lowest BCUT2D eigenvalue weighted by atomic mass is 9.92.